The summed E-state index contributed by atoms with van der Waals surface area (Å²) in [6.07, 6.45) is 2.60. The molecule has 0 heterocycles. The highest BCUT2D eigenvalue weighted by Crippen LogP contribution is 2.38. The lowest BCUT2D eigenvalue weighted by molar-refractivity contribution is 0.276. The predicted octanol–water partition coefficient (Wildman–Crippen LogP) is 3.93. The second-order valence-corrected chi connectivity index (χ2v) is 7.06. The van der Waals surface area contributed by atoms with Gasteiger partial charge in [0.25, 0.3) is 0 Å². The summed E-state index contributed by atoms with van der Waals surface area (Å²) in [6, 6.07) is 7.31. The molecule has 3 unspecified atom stereocenters. The highest BCUT2D eigenvalue weighted by Gasteiger charge is 2.33. The van der Waals surface area contributed by atoms with Crippen molar-refractivity contribution in [3.63, 3.8) is 0 Å². The summed E-state index contributed by atoms with van der Waals surface area (Å²) < 4.78 is 0. The zero-order valence-electron chi connectivity index (χ0n) is 14.4. The SMILES string of the molecule is CCCNC(CN(C)CC1CC1C)c1ccc(C)cc1C. The van der Waals surface area contributed by atoms with E-state index in [0.29, 0.717) is 6.04 Å². The molecule has 1 saturated carbocycles. The molecule has 0 amide bonds. The van der Waals surface area contributed by atoms with Crippen molar-refractivity contribution < 1.29 is 0 Å². The minimum atomic E-state index is 0.449. The van der Waals surface area contributed by atoms with Crippen molar-refractivity contribution in [3.05, 3.63) is 34.9 Å². The van der Waals surface area contributed by atoms with Crippen molar-refractivity contribution in [2.75, 3.05) is 26.7 Å². The molecular formula is C19H32N2. The van der Waals surface area contributed by atoms with Gasteiger partial charge in [-0.25, -0.2) is 0 Å². The van der Waals surface area contributed by atoms with Crippen LogP contribution in [0.4, 0.5) is 0 Å². The second kappa shape index (κ2) is 7.42. The van der Waals surface area contributed by atoms with Crippen LogP contribution in [0.5, 0.6) is 0 Å². The van der Waals surface area contributed by atoms with Crippen molar-refractivity contribution in [1.29, 1.82) is 0 Å². The van der Waals surface area contributed by atoms with Crippen LogP contribution in [0.1, 0.15) is 49.4 Å². The Kier molecular flexibility index (Phi) is 5.83. The number of nitrogens with one attached hydrogen (secondary N) is 1. The molecule has 1 aromatic rings. The molecule has 0 bridgehead atoms. The van der Waals surface area contributed by atoms with E-state index in [1.807, 2.05) is 0 Å². The van der Waals surface area contributed by atoms with Crippen LogP contribution in [-0.4, -0.2) is 31.6 Å². The van der Waals surface area contributed by atoms with E-state index < -0.39 is 0 Å². The maximum absolute atomic E-state index is 3.74. The molecule has 2 rings (SSSR count). The van der Waals surface area contributed by atoms with Gasteiger partial charge in [-0.05, 0) is 63.2 Å². The Hall–Kier alpha value is -0.860. The van der Waals surface area contributed by atoms with Crippen LogP contribution in [0, 0.1) is 25.7 Å². The average Bonchev–Trinajstić information content (AvgIpc) is 3.10. The first-order chi connectivity index (χ1) is 10.0. The van der Waals surface area contributed by atoms with Crippen molar-refractivity contribution >= 4 is 0 Å². The first-order valence-electron chi connectivity index (χ1n) is 8.50. The number of aryl methyl sites for hydroxylation is 2. The molecule has 21 heavy (non-hydrogen) atoms. The van der Waals surface area contributed by atoms with E-state index in [4.69, 9.17) is 0 Å². The molecule has 0 spiro atoms. The van der Waals surface area contributed by atoms with Gasteiger partial charge < -0.3 is 10.2 Å². The molecule has 1 N–H and O–H groups in total. The quantitative estimate of drug-likeness (QED) is 0.779. The zero-order valence-corrected chi connectivity index (χ0v) is 14.4. The molecule has 1 fully saturated rings. The van der Waals surface area contributed by atoms with Gasteiger partial charge in [-0.15, -0.1) is 0 Å². The Labute approximate surface area is 130 Å². The minimum absolute atomic E-state index is 0.449. The number of hydrogen-bond acceptors (Lipinski definition) is 2. The smallest absolute Gasteiger partial charge is 0.0451 e. The summed E-state index contributed by atoms with van der Waals surface area (Å²) in [6.45, 7) is 12.5. The van der Waals surface area contributed by atoms with E-state index in [1.165, 1.54) is 36.1 Å². The molecule has 1 aromatic carbocycles. The maximum Gasteiger partial charge on any atom is 0.0451 e. The lowest BCUT2D eigenvalue weighted by atomic mass is 9.98. The fourth-order valence-corrected chi connectivity index (χ4v) is 3.25. The van der Waals surface area contributed by atoms with Gasteiger partial charge >= 0.3 is 0 Å². The maximum atomic E-state index is 3.74. The monoisotopic (exact) mass is 288 g/mol. The summed E-state index contributed by atoms with van der Waals surface area (Å²) in [5, 5.41) is 3.74. The molecule has 0 saturated heterocycles. The zero-order chi connectivity index (χ0) is 15.4. The Morgan fingerprint density at radius 1 is 1.33 bits per heavy atom. The average molecular weight is 288 g/mol. The van der Waals surface area contributed by atoms with Gasteiger partial charge in [0.2, 0.25) is 0 Å². The predicted molar refractivity (Wildman–Crippen MR) is 91.7 cm³/mol. The van der Waals surface area contributed by atoms with E-state index >= 15 is 0 Å². The van der Waals surface area contributed by atoms with Gasteiger partial charge in [-0.3, -0.25) is 0 Å². The lowest BCUT2D eigenvalue weighted by Crippen LogP contribution is -2.35. The minimum Gasteiger partial charge on any atom is -0.309 e. The van der Waals surface area contributed by atoms with Crippen LogP contribution < -0.4 is 5.32 Å². The molecule has 0 radical (unpaired) electrons. The molecule has 1 aliphatic carbocycles. The molecule has 118 valence electrons. The molecule has 1 aliphatic rings. The van der Waals surface area contributed by atoms with Crippen molar-refractivity contribution in [1.82, 2.24) is 10.2 Å². The molecule has 2 nitrogen and oxygen atoms in total. The Bertz CT molecular complexity index is 455. The molecule has 0 aromatic heterocycles. The van der Waals surface area contributed by atoms with Crippen LogP contribution in [-0.2, 0) is 0 Å². The van der Waals surface area contributed by atoms with Gasteiger partial charge in [0.15, 0.2) is 0 Å². The number of benzene rings is 1. The number of likely N-dealkylation sites (N-methyl/N-ethyl adjacent to an activating group) is 1. The van der Waals surface area contributed by atoms with Gasteiger partial charge in [-0.2, -0.15) is 0 Å². The largest absolute Gasteiger partial charge is 0.309 e. The summed E-state index contributed by atoms with van der Waals surface area (Å²) in [5.41, 5.74) is 4.23. The van der Waals surface area contributed by atoms with Crippen LogP contribution >= 0.6 is 0 Å². The highest BCUT2D eigenvalue weighted by atomic mass is 15.1. The third-order valence-corrected chi connectivity index (χ3v) is 4.76. The second-order valence-electron chi connectivity index (χ2n) is 7.06. The summed E-state index contributed by atoms with van der Waals surface area (Å²) in [4.78, 5) is 2.51. The Balaban J connectivity index is 2.02. The van der Waals surface area contributed by atoms with E-state index in [9.17, 15) is 0 Å². The fraction of sp³-hybridized carbons (Fsp3) is 0.684. The lowest BCUT2D eigenvalue weighted by Gasteiger charge is -2.27. The van der Waals surface area contributed by atoms with E-state index in [2.05, 4.69) is 63.2 Å². The van der Waals surface area contributed by atoms with Gasteiger partial charge in [0.1, 0.15) is 0 Å². The number of hydrogen-bond donors (Lipinski definition) is 1. The van der Waals surface area contributed by atoms with Gasteiger partial charge in [0.05, 0.1) is 0 Å². The summed E-state index contributed by atoms with van der Waals surface area (Å²) in [7, 11) is 2.27. The van der Waals surface area contributed by atoms with E-state index in [0.717, 1.165) is 24.9 Å². The summed E-state index contributed by atoms with van der Waals surface area (Å²) in [5.74, 6) is 1.87. The van der Waals surface area contributed by atoms with Crippen LogP contribution in [0.15, 0.2) is 18.2 Å². The standard InChI is InChI=1S/C19H32N2/c1-6-9-20-19(13-21(5)12-17-11-15(17)3)18-8-7-14(2)10-16(18)4/h7-8,10,15,17,19-20H,6,9,11-13H2,1-5H3. The van der Waals surface area contributed by atoms with Crippen LogP contribution in [0.2, 0.25) is 0 Å². The molecule has 2 heteroatoms. The fourth-order valence-electron chi connectivity index (χ4n) is 3.25. The molecule has 3 atom stereocenters. The van der Waals surface area contributed by atoms with Crippen LogP contribution in [0.3, 0.4) is 0 Å². The van der Waals surface area contributed by atoms with E-state index in [1.54, 1.807) is 0 Å². The first-order valence-corrected chi connectivity index (χ1v) is 8.50. The number of rotatable bonds is 8. The Morgan fingerprint density at radius 2 is 2.05 bits per heavy atom. The van der Waals surface area contributed by atoms with E-state index in [-0.39, 0.29) is 0 Å². The normalized spacial score (nSPS) is 22.6. The van der Waals surface area contributed by atoms with Gasteiger partial charge in [-0.1, -0.05) is 37.6 Å². The number of nitrogens with zero attached hydrogens (tertiary/aromatic N) is 1. The van der Waals surface area contributed by atoms with Crippen molar-refractivity contribution in [2.45, 2.75) is 46.6 Å². The molecule has 0 aliphatic heterocycles. The highest BCUT2D eigenvalue weighted by molar-refractivity contribution is 5.33. The summed E-state index contributed by atoms with van der Waals surface area (Å²) >= 11 is 0. The third-order valence-electron chi connectivity index (χ3n) is 4.76. The molecular weight excluding hydrogens is 256 g/mol. The topological polar surface area (TPSA) is 15.3 Å². The first kappa shape index (κ1) is 16.5. The Morgan fingerprint density at radius 3 is 2.62 bits per heavy atom. The van der Waals surface area contributed by atoms with Crippen molar-refractivity contribution in [2.24, 2.45) is 11.8 Å². The van der Waals surface area contributed by atoms with Crippen molar-refractivity contribution in [3.8, 4) is 0 Å². The third kappa shape index (κ3) is 4.82. The van der Waals surface area contributed by atoms with Crippen LogP contribution in [0.25, 0.3) is 0 Å². The van der Waals surface area contributed by atoms with Gasteiger partial charge in [0, 0.05) is 19.1 Å².